The maximum Gasteiger partial charge on any atom is 0.351 e. The topological polar surface area (TPSA) is 30.0 Å². The van der Waals surface area contributed by atoms with Gasteiger partial charge in [0.2, 0.25) is 5.78 Å². The molecule has 5 heteroatoms. The third kappa shape index (κ3) is 3.38. The summed E-state index contributed by atoms with van der Waals surface area (Å²) in [5, 5.41) is 0. The molecule has 0 aliphatic heterocycles. The number of halogens is 3. The zero-order chi connectivity index (χ0) is 18.9. The maximum atomic E-state index is 14.5. The zero-order valence-electron chi connectivity index (χ0n) is 14.3. The summed E-state index contributed by atoms with van der Waals surface area (Å²) in [6.07, 6.45) is 1.28. The summed E-state index contributed by atoms with van der Waals surface area (Å²) in [4.78, 5) is 15.9. The first kappa shape index (κ1) is 17.9. The van der Waals surface area contributed by atoms with Gasteiger partial charge in [-0.1, -0.05) is 42.0 Å². The van der Waals surface area contributed by atoms with Crippen molar-refractivity contribution in [3.63, 3.8) is 0 Å². The minimum atomic E-state index is -3.91. The van der Waals surface area contributed by atoms with Gasteiger partial charge in [0.15, 0.2) is 0 Å². The Morgan fingerprint density at radius 3 is 2.08 bits per heavy atom. The Kier molecular flexibility index (Phi) is 4.64. The number of benzene rings is 2. The summed E-state index contributed by atoms with van der Waals surface area (Å²) in [5.74, 6) is -6.49. The second-order valence-corrected chi connectivity index (χ2v) is 6.18. The van der Waals surface area contributed by atoms with Crippen LogP contribution in [0.4, 0.5) is 13.2 Å². The van der Waals surface area contributed by atoms with E-state index in [0.29, 0.717) is 11.1 Å². The molecular weight excluding hydrogens is 339 g/mol. The molecular formula is C21H16F3NO. The van der Waals surface area contributed by atoms with Crippen LogP contribution in [-0.4, -0.2) is 10.8 Å². The van der Waals surface area contributed by atoms with Crippen LogP contribution in [0.5, 0.6) is 0 Å². The molecule has 26 heavy (non-hydrogen) atoms. The third-order valence-corrected chi connectivity index (χ3v) is 4.12. The molecule has 1 heterocycles. The van der Waals surface area contributed by atoms with Crippen LogP contribution in [0.2, 0.25) is 0 Å². The van der Waals surface area contributed by atoms with Crippen molar-refractivity contribution in [2.45, 2.75) is 19.8 Å². The van der Waals surface area contributed by atoms with Crippen LogP contribution in [-0.2, 0) is 5.92 Å². The van der Waals surface area contributed by atoms with E-state index in [-0.39, 0.29) is 0 Å². The van der Waals surface area contributed by atoms with Crippen LogP contribution >= 0.6 is 0 Å². The van der Waals surface area contributed by atoms with E-state index < -0.39 is 28.8 Å². The van der Waals surface area contributed by atoms with E-state index in [1.165, 1.54) is 18.3 Å². The molecule has 0 amide bonds. The molecule has 0 aliphatic carbocycles. The van der Waals surface area contributed by atoms with Gasteiger partial charge in [0.25, 0.3) is 0 Å². The first-order chi connectivity index (χ1) is 12.3. The third-order valence-electron chi connectivity index (χ3n) is 4.12. The quantitative estimate of drug-likeness (QED) is 0.580. The van der Waals surface area contributed by atoms with E-state index in [9.17, 15) is 18.0 Å². The van der Waals surface area contributed by atoms with Crippen molar-refractivity contribution in [3.8, 4) is 11.1 Å². The highest BCUT2D eigenvalue weighted by Gasteiger charge is 2.43. The van der Waals surface area contributed by atoms with Gasteiger partial charge in [-0.3, -0.25) is 9.78 Å². The number of hydrogen-bond donors (Lipinski definition) is 0. The van der Waals surface area contributed by atoms with Crippen molar-refractivity contribution in [1.29, 1.82) is 0 Å². The molecule has 0 unspecified atom stereocenters. The number of alkyl halides is 2. The average Bonchev–Trinajstić information content (AvgIpc) is 2.62. The number of rotatable bonds is 4. The number of nitrogens with zero attached hydrogens (tertiary/aromatic N) is 1. The highest BCUT2D eigenvalue weighted by Crippen LogP contribution is 2.32. The molecule has 0 fully saturated rings. The van der Waals surface area contributed by atoms with Gasteiger partial charge in [-0.15, -0.1) is 0 Å². The molecule has 0 bridgehead atoms. The Balaban J connectivity index is 1.91. The standard InChI is InChI=1S/C21H16F3NO/c1-13-3-6-15(7-4-13)16-8-10-19(25-12-16)21(23,24)20(26)17-9-5-14(2)11-18(17)22/h3-12H,1-2H3. The van der Waals surface area contributed by atoms with Crippen LogP contribution in [0.3, 0.4) is 0 Å². The lowest BCUT2D eigenvalue weighted by Gasteiger charge is -2.15. The minimum Gasteiger partial charge on any atom is -0.287 e. The molecule has 0 N–H and O–H groups in total. The van der Waals surface area contributed by atoms with Crippen molar-refractivity contribution in [2.75, 3.05) is 0 Å². The Bertz CT molecular complexity index is 948. The van der Waals surface area contributed by atoms with Gasteiger partial charge in [0, 0.05) is 11.8 Å². The Morgan fingerprint density at radius 2 is 1.50 bits per heavy atom. The first-order valence-corrected chi connectivity index (χ1v) is 8.01. The first-order valence-electron chi connectivity index (χ1n) is 8.01. The summed E-state index contributed by atoms with van der Waals surface area (Å²) >= 11 is 0. The molecule has 0 spiro atoms. The zero-order valence-corrected chi connectivity index (χ0v) is 14.3. The van der Waals surface area contributed by atoms with Crippen molar-refractivity contribution in [1.82, 2.24) is 4.98 Å². The minimum absolute atomic E-state index is 0.544. The fraction of sp³-hybridized carbons (Fsp3) is 0.143. The van der Waals surface area contributed by atoms with Crippen molar-refractivity contribution in [3.05, 3.63) is 89.0 Å². The molecule has 0 saturated carbocycles. The van der Waals surface area contributed by atoms with Gasteiger partial charge in [-0.2, -0.15) is 8.78 Å². The summed E-state index contributed by atoms with van der Waals surface area (Å²) in [6.45, 7) is 3.56. The normalized spacial score (nSPS) is 11.4. The highest BCUT2D eigenvalue weighted by molar-refractivity contribution is 6.01. The van der Waals surface area contributed by atoms with E-state index in [1.807, 2.05) is 31.2 Å². The van der Waals surface area contributed by atoms with Crippen LogP contribution in [0, 0.1) is 19.7 Å². The fourth-order valence-corrected chi connectivity index (χ4v) is 2.59. The lowest BCUT2D eigenvalue weighted by molar-refractivity contribution is 0.00428. The smallest absolute Gasteiger partial charge is 0.287 e. The van der Waals surface area contributed by atoms with E-state index >= 15 is 0 Å². The van der Waals surface area contributed by atoms with Gasteiger partial charge >= 0.3 is 5.92 Å². The lowest BCUT2D eigenvalue weighted by atomic mass is 9.99. The summed E-state index contributed by atoms with van der Waals surface area (Å²) in [6, 6.07) is 13.6. The van der Waals surface area contributed by atoms with Gasteiger partial charge in [0.05, 0.1) is 5.56 Å². The second kappa shape index (κ2) is 6.75. The monoisotopic (exact) mass is 355 g/mol. The Morgan fingerprint density at radius 1 is 0.885 bits per heavy atom. The van der Waals surface area contributed by atoms with Crippen LogP contribution in [0.25, 0.3) is 11.1 Å². The predicted molar refractivity (Wildman–Crippen MR) is 93.8 cm³/mol. The molecule has 0 atom stereocenters. The SMILES string of the molecule is Cc1ccc(-c2ccc(C(F)(F)C(=O)c3ccc(C)cc3F)nc2)cc1. The van der Waals surface area contributed by atoms with Crippen LogP contribution < -0.4 is 0 Å². The number of aryl methyl sites for hydroxylation is 2. The summed E-state index contributed by atoms with van der Waals surface area (Å²) < 4.78 is 42.9. The summed E-state index contributed by atoms with van der Waals surface area (Å²) in [5.41, 5.74) is 1.74. The number of aromatic nitrogens is 1. The van der Waals surface area contributed by atoms with Gasteiger partial charge < -0.3 is 0 Å². The largest absolute Gasteiger partial charge is 0.351 e. The van der Waals surface area contributed by atoms with Crippen molar-refractivity contribution >= 4 is 5.78 Å². The molecule has 132 valence electrons. The van der Waals surface area contributed by atoms with Crippen molar-refractivity contribution < 1.29 is 18.0 Å². The molecule has 3 rings (SSSR count). The Labute approximate surface area is 149 Å². The molecule has 2 nitrogen and oxygen atoms in total. The van der Waals surface area contributed by atoms with Crippen LogP contribution in [0.15, 0.2) is 60.8 Å². The van der Waals surface area contributed by atoms with E-state index in [4.69, 9.17) is 0 Å². The highest BCUT2D eigenvalue weighted by atomic mass is 19.3. The van der Waals surface area contributed by atoms with E-state index in [1.54, 1.807) is 6.92 Å². The molecule has 1 aromatic heterocycles. The maximum absolute atomic E-state index is 14.5. The van der Waals surface area contributed by atoms with Gasteiger partial charge in [0.1, 0.15) is 11.5 Å². The second-order valence-electron chi connectivity index (χ2n) is 6.18. The van der Waals surface area contributed by atoms with E-state index in [2.05, 4.69) is 4.98 Å². The molecule has 2 aromatic carbocycles. The number of carbonyl (C=O) groups excluding carboxylic acids is 1. The predicted octanol–water partition coefficient (Wildman–Crippen LogP) is 5.48. The Hall–Kier alpha value is -2.95. The summed E-state index contributed by atoms with van der Waals surface area (Å²) in [7, 11) is 0. The number of pyridine rings is 1. The molecule has 0 radical (unpaired) electrons. The van der Waals surface area contributed by atoms with Gasteiger partial charge in [-0.25, -0.2) is 4.39 Å². The van der Waals surface area contributed by atoms with E-state index in [0.717, 1.165) is 29.3 Å². The molecule has 0 aliphatic rings. The number of Topliss-reactive ketones (excluding diaryl/α,β-unsaturated/α-hetero) is 1. The average molecular weight is 355 g/mol. The number of hydrogen-bond acceptors (Lipinski definition) is 2. The number of ketones is 1. The lowest BCUT2D eigenvalue weighted by Crippen LogP contribution is -2.28. The van der Waals surface area contributed by atoms with Crippen LogP contribution in [0.1, 0.15) is 27.2 Å². The van der Waals surface area contributed by atoms with Crippen molar-refractivity contribution in [2.24, 2.45) is 0 Å². The number of carbonyl (C=O) groups is 1. The molecule has 3 aromatic rings. The van der Waals surface area contributed by atoms with Gasteiger partial charge in [-0.05, 0) is 43.2 Å². The fourth-order valence-electron chi connectivity index (χ4n) is 2.59. The molecule has 0 saturated heterocycles.